The van der Waals surface area contributed by atoms with Gasteiger partial charge in [0, 0.05) is 18.3 Å². The van der Waals surface area contributed by atoms with Crippen LogP contribution in [0.15, 0.2) is 16.8 Å². The molecule has 0 aliphatic carbocycles. The number of halogens is 1. The SMILES string of the molecule is O=C(CCCCBr)NCc1ccsc1. The summed E-state index contributed by atoms with van der Waals surface area (Å²) in [7, 11) is 0. The highest BCUT2D eigenvalue weighted by molar-refractivity contribution is 9.09. The van der Waals surface area contributed by atoms with Gasteiger partial charge in [-0.3, -0.25) is 4.79 Å². The summed E-state index contributed by atoms with van der Waals surface area (Å²) >= 11 is 4.99. The zero-order valence-electron chi connectivity index (χ0n) is 7.96. The number of amides is 1. The van der Waals surface area contributed by atoms with Gasteiger partial charge < -0.3 is 5.32 Å². The number of nitrogens with one attached hydrogen (secondary N) is 1. The van der Waals surface area contributed by atoms with Crippen LogP contribution in [-0.4, -0.2) is 11.2 Å². The van der Waals surface area contributed by atoms with E-state index in [-0.39, 0.29) is 5.91 Å². The third kappa shape index (κ3) is 4.77. The van der Waals surface area contributed by atoms with Gasteiger partial charge in [0.15, 0.2) is 0 Å². The Hall–Kier alpha value is -0.350. The smallest absolute Gasteiger partial charge is 0.220 e. The Balaban J connectivity index is 2.09. The lowest BCUT2D eigenvalue weighted by Gasteiger charge is -2.02. The predicted molar refractivity (Wildman–Crippen MR) is 63.8 cm³/mol. The van der Waals surface area contributed by atoms with Gasteiger partial charge in [-0.2, -0.15) is 11.3 Å². The molecule has 0 radical (unpaired) electrons. The Morgan fingerprint density at radius 1 is 1.50 bits per heavy atom. The Labute approximate surface area is 96.8 Å². The normalized spacial score (nSPS) is 10.1. The first-order chi connectivity index (χ1) is 6.83. The van der Waals surface area contributed by atoms with Crippen molar-refractivity contribution in [2.24, 2.45) is 0 Å². The number of unbranched alkanes of at least 4 members (excludes halogenated alkanes) is 1. The van der Waals surface area contributed by atoms with Gasteiger partial charge in [0.25, 0.3) is 0 Å². The molecule has 1 heterocycles. The minimum Gasteiger partial charge on any atom is -0.352 e. The Morgan fingerprint density at radius 2 is 2.36 bits per heavy atom. The van der Waals surface area contributed by atoms with Crippen molar-refractivity contribution >= 4 is 33.2 Å². The van der Waals surface area contributed by atoms with Gasteiger partial charge >= 0.3 is 0 Å². The van der Waals surface area contributed by atoms with Crippen LogP contribution in [-0.2, 0) is 11.3 Å². The van der Waals surface area contributed by atoms with E-state index in [9.17, 15) is 4.79 Å². The van der Waals surface area contributed by atoms with Crippen molar-refractivity contribution in [2.75, 3.05) is 5.33 Å². The average molecular weight is 276 g/mol. The lowest BCUT2D eigenvalue weighted by Crippen LogP contribution is -2.21. The van der Waals surface area contributed by atoms with E-state index in [2.05, 4.69) is 26.6 Å². The molecule has 0 aliphatic heterocycles. The first-order valence-electron chi connectivity index (χ1n) is 4.66. The second-order valence-electron chi connectivity index (χ2n) is 3.05. The lowest BCUT2D eigenvalue weighted by atomic mass is 10.2. The highest BCUT2D eigenvalue weighted by atomic mass is 79.9. The molecule has 1 amide bonds. The summed E-state index contributed by atoms with van der Waals surface area (Å²) in [5.74, 6) is 0.150. The van der Waals surface area contributed by atoms with E-state index in [4.69, 9.17) is 0 Å². The molecular formula is C10H14BrNOS. The summed E-state index contributed by atoms with van der Waals surface area (Å²) in [5.41, 5.74) is 1.18. The Bertz CT molecular complexity index is 261. The molecular weight excluding hydrogens is 262 g/mol. The fourth-order valence-corrected chi connectivity index (χ4v) is 2.13. The molecule has 0 saturated heterocycles. The molecule has 4 heteroatoms. The highest BCUT2D eigenvalue weighted by Gasteiger charge is 2.00. The summed E-state index contributed by atoms with van der Waals surface area (Å²) in [6, 6.07) is 2.03. The molecule has 14 heavy (non-hydrogen) atoms. The minimum atomic E-state index is 0.150. The molecule has 78 valence electrons. The zero-order valence-corrected chi connectivity index (χ0v) is 10.4. The Morgan fingerprint density at radius 3 is 3.00 bits per heavy atom. The molecule has 0 bridgehead atoms. The van der Waals surface area contributed by atoms with Crippen molar-refractivity contribution in [2.45, 2.75) is 25.8 Å². The molecule has 1 N–H and O–H groups in total. The first-order valence-corrected chi connectivity index (χ1v) is 6.73. The second-order valence-corrected chi connectivity index (χ2v) is 4.63. The van der Waals surface area contributed by atoms with Crippen LogP contribution in [0.1, 0.15) is 24.8 Å². The fraction of sp³-hybridized carbons (Fsp3) is 0.500. The largest absolute Gasteiger partial charge is 0.352 e. The first kappa shape index (κ1) is 11.7. The maximum atomic E-state index is 11.3. The molecule has 0 spiro atoms. The zero-order chi connectivity index (χ0) is 10.2. The predicted octanol–water partition coefficient (Wildman–Crippen LogP) is 2.93. The number of carbonyl (C=O) groups excluding carboxylic acids is 1. The molecule has 0 atom stereocenters. The van der Waals surface area contributed by atoms with Crippen LogP contribution in [0.4, 0.5) is 0 Å². The van der Waals surface area contributed by atoms with Crippen molar-refractivity contribution < 1.29 is 4.79 Å². The summed E-state index contributed by atoms with van der Waals surface area (Å²) in [6.07, 6.45) is 2.66. The third-order valence-corrected chi connectivity index (χ3v) is 3.15. The quantitative estimate of drug-likeness (QED) is 0.628. The summed E-state index contributed by atoms with van der Waals surface area (Å²) in [6.45, 7) is 0.663. The summed E-state index contributed by atoms with van der Waals surface area (Å²) in [4.78, 5) is 11.3. The van der Waals surface area contributed by atoms with Crippen molar-refractivity contribution in [3.63, 3.8) is 0 Å². The van der Waals surface area contributed by atoms with E-state index in [1.54, 1.807) is 11.3 Å². The van der Waals surface area contributed by atoms with Crippen molar-refractivity contribution in [3.05, 3.63) is 22.4 Å². The fourth-order valence-electron chi connectivity index (χ4n) is 1.06. The number of thiophene rings is 1. The monoisotopic (exact) mass is 275 g/mol. The van der Waals surface area contributed by atoms with Crippen LogP contribution in [0.2, 0.25) is 0 Å². The van der Waals surface area contributed by atoms with E-state index in [0.717, 1.165) is 18.2 Å². The maximum absolute atomic E-state index is 11.3. The van der Waals surface area contributed by atoms with Gasteiger partial charge in [-0.25, -0.2) is 0 Å². The standard InChI is InChI=1S/C10H14BrNOS/c11-5-2-1-3-10(13)12-7-9-4-6-14-8-9/h4,6,8H,1-3,5,7H2,(H,12,13). The van der Waals surface area contributed by atoms with Gasteiger partial charge in [0.1, 0.15) is 0 Å². The minimum absolute atomic E-state index is 0.150. The van der Waals surface area contributed by atoms with Gasteiger partial charge in [0.2, 0.25) is 5.91 Å². The van der Waals surface area contributed by atoms with E-state index in [0.29, 0.717) is 13.0 Å². The molecule has 1 rings (SSSR count). The second kappa shape index (κ2) is 7.01. The van der Waals surface area contributed by atoms with E-state index in [1.165, 1.54) is 5.56 Å². The van der Waals surface area contributed by atoms with Crippen molar-refractivity contribution in [1.82, 2.24) is 5.32 Å². The van der Waals surface area contributed by atoms with E-state index < -0.39 is 0 Å². The van der Waals surface area contributed by atoms with Gasteiger partial charge in [-0.15, -0.1) is 0 Å². The van der Waals surface area contributed by atoms with Crippen LogP contribution in [0, 0.1) is 0 Å². The topological polar surface area (TPSA) is 29.1 Å². The van der Waals surface area contributed by atoms with E-state index >= 15 is 0 Å². The van der Waals surface area contributed by atoms with Crippen LogP contribution in [0.3, 0.4) is 0 Å². The molecule has 2 nitrogen and oxygen atoms in total. The number of carbonyl (C=O) groups is 1. The van der Waals surface area contributed by atoms with Crippen LogP contribution >= 0.6 is 27.3 Å². The van der Waals surface area contributed by atoms with Gasteiger partial charge in [0.05, 0.1) is 0 Å². The third-order valence-electron chi connectivity index (χ3n) is 1.86. The average Bonchev–Trinajstić information content (AvgIpc) is 2.68. The molecule has 1 aromatic rings. The van der Waals surface area contributed by atoms with E-state index in [1.807, 2.05) is 11.4 Å². The number of alkyl halides is 1. The number of hydrogen-bond acceptors (Lipinski definition) is 2. The lowest BCUT2D eigenvalue weighted by molar-refractivity contribution is -0.121. The summed E-state index contributed by atoms with van der Waals surface area (Å²) in [5, 5.41) is 7.95. The van der Waals surface area contributed by atoms with Crippen LogP contribution in [0.25, 0.3) is 0 Å². The number of hydrogen-bond donors (Lipinski definition) is 1. The van der Waals surface area contributed by atoms with Crippen molar-refractivity contribution in [3.8, 4) is 0 Å². The molecule has 0 saturated carbocycles. The maximum Gasteiger partial charge on any atom is 0.220 e. The van der Waals surface area contributed by atoms with Crippen LogP contribution < -0.4 is 5.32 Å². The molecule has 1 aromatic heterocycles. The number of rotatable bonds is 6. The van der Waals surface area contributed by atoms with Gasteiger partial charge in [-0.1, -0.05) is 15.9 Å². The van der Waals surface area contributed by atoms with Crippen molar-refractivity contribution in [1.29, 1.82) is 0 Å². The summed E-state index contributed by atoms with van der Waals surface area (Å²) < 4.78 is 0. The van der Waals surface area contributed by atoms with Crippen LogP contribution in [0.5, 0.6) is 0 Å². The Kier molecular flexibility index (Phi) is 5.87. The van der Waals surface area contributed by atoms with Gasteiger partial charge in [-0.05, 0) is 35.2 Å². The highest BCUT2D eigenvalue weighted by Crippen LogP contribution is 2.05. The molecule has 0 fully saturated rings. The molecule has 0 unspecified atom stereocenters. The molecule has 0 aromatic carbocycles. The molecule has 0 aliphatic rings.